The third-order valence-corrected chi connectivity index (χ3v) is 4.39. The Morgan fingerprint density at radius 2 is 2.17 bits per heavy atom. The van der Waals surface area contributed by atoms with E-state index in [1.165, 1.54) is 0 Å². The number of aliphatic hydroxyl groups is 1. The van der Waals surface area contributed by atoms with Gasteiger partial charge in [0.15, 0.2) is 5.96 Å². The Morgan fingerprint density at radius 1 is 1.39 bits per heavy atom. The molecule has 0 saturated heterocycles. The van der Waals surface area contributed by atoms with Crippen molar-refractivity contribution in [3.05, 3.63) is 29.8 Å². The van der Waals surface area contributed by atoms with Crippen molar-refractivity contribution in [1.82, 2.24) is 10.2 Å². The summed E-state index contributed by atoms with van der Waals surface area (Å²) in [6, 6.07) is 8.04. The maximum absolute atomic E-state index is 9.95. The molecule has 128 valence electrons. The van der Waals surface area contributed by atoms with E-state index in [1.807, 2.05) is 25.2 Å². The van der Waals surface area contributed by atoms with Crippen LogP contribution in [0.15, 0.2) is 29.3 Å². The number of benzene rings is 1. The van der Waals surface area contributed by atoms with Gasteiger partial charge in [-0.1, -0.05) is 24.6 Å². The van der Waals surface area contributed by atoms with E-state index in [0.717, 1.165) is 49.6 Å². The van der Waals surface area contributed by atoms with Crippen molar-refractivity contribution in [1.29, 1.82) is 0 Å². The third-order valence-electron chi connectivity index (χ3n) is 4.39. The molecule has 0 bridgehead atoms. The molecule has 23 heavy (non-hydrogen) atoms. The number of hydrogen-bond donors (Lipinski definition) is 2. The van der Waals surface area contributed by atoms with Crippen LogP contribution in [0.3, 0.4) is 0 Å². The van der Waals surface area contributed by atoms with Gasteiger partial charge in [0, 0.05) is 38.2 Å². The maximum atomic E-state index is 9.95. The highest BCUT2D eigenvalue weighted by Gasteiger charge is 2.25. The molecule has 0 aromatic heterocycles. The van der Waals surface area contributed by atoms with Crippen molar-refractivity contribution in [2.24, 2.45) is 10.9 Å². The molecule has 2 N–H and O–H groups in total. The lowest BCUT2D eigenvalue weighted by Crippen LogP contribution is -2.39. The summed E-state index contributed by atoms with van der Waals surface area (Å²) in [6.07, 6.45) is 2.89. The standard InChI is InChI=1S/C18H29N3O2/c1-4-19-18(20-12-14-9-7-10-16(14)22)21(2)13-15-8-5-6-11-17(15)23-3/h5-6,8,11,14,16,22H,4,7,9-10,12-13H2,1-3H3,(H,19,20). The van der Waals surface area contributed by atoms with Crippen LogP contribution in [0, 0.1) is 5.92 Å². The Labute approximate surface area is 139 Å². The molecule has 0 radical (unpaired) electrons. The van der Waals surface area contributed by atoms with Crippen LogP contribution in [0.2, 0.25) is 0 Å². The van der Waals surface area contributed by atoms with E-state index >= 15 is 0 Å². The molecule has 5 nitrogen and oxygen atoms in total. The zero-order valence-corrected chi connectivity index (χ0v) is 14.5. The molecule has 1 aromatic carbocycles. The van der Waals surface area contributed by atoms with Crippen LogP contribution >= 0.6 is 0 Å². The number of methoxy groups -OCH3 is 1. The van der Waals surface area contributed by atoms with Crippen LogP contribution in [-0.4, -0.2) is 49.3 Å². The molecular weight excluding hydrogens is 290 g/mol. The van der Waals surface area contributed by atoms with Gasteiger partial charge in [-0.3, -0.25) is 4.99 Å². The van der Waals surface area contributed by atoms with Gasteiger partial charge < -0.3 is 20.1 Å². The van der Waals surface area contributed by atoms with Gasteiger partial charge in [0.1, 0.15) is 5.75 Å². The third kappa shape index (κ3) is 4.86. The van der Waals surface area contributed by atoms with Crippen molar-refractivity contribution in [3.63, 3.8) is 0 Å². The van der Waals surface area contributed by atoms with Crippen LogP contribution in [0.1, 0.15) is 31.7 Å². The molecule has 2 atom stereocenters. The van der Waals surface area contributed by atoms with Gasteiger partial charge in [0.05, 0.1) is 13.2 Å². The van der Waals surface area contributed by atoms with E-state index < -0.39 is 0 Å². The summed E-state index contributed by atoms with van der Waals surface area (Å²) in [5.41, 5.74) is 1.13. The fraction of sp³-hybridized carbons (Fsp3) is 0.611. The average Bonchev–Trinajstić information content (AvgIpc) is 2.97. The lowest BCUT2D eigenvalue weighted by Gasteiger charge is -2.24. The van der Waals surface area contributed by atoms with Crippen LogP contribution in [0.25, 0.3) is 0 Å². The van der Waals surface area contributed by atoms with Crippen LogP contribution < -0.4 is 10.1 Å². The Kier molecular flexibility index (Phi) is 6.71. The van der Waals surface area contributed by atoms with Crippen LogP contribution in [0.5, 0.6) is 5.75 Å². The first-order valence-corrected chi connectivity index (χ1v) is 8.45. The molecule has 0 amide bonds. The Morgan fingerprint density at radius 3 is 2.83 bits per heavy atom. The van der Waals surface area contributed by atoms with E-state index in [-0.39, 0.29) is 6.10 Å². The normalized spacial score (nSPS) is 21.3. The predicted molar refractivity (Wildman–Crippen MR) is 93.8 cm³/mol. The van der Waals surface area contributed by atoms with E-state index in [1.54, 1.807) is 7.11 Å². The highest BCUT2D eigenvalue weighted by molar-refractivity contribution is 5.79. The molecule has 1 aliphatic rings. The first-order valence-electron chi connectivity index (χ1n) is 8.45. The number of nitrogens with one attached hydrogen (secondary N) is 1. The fourth-order valence-electron chi connectivity index (χ4n) is 3.07. The number of guanidine groups is 1. The Balaban J connectivity index is 2.03. The first-order chi connectivity index (χ1) is 11.2. The molecule has 2 rings (SSSR count). The van der Waals surface area contributed by atoms with Crippen molar-refractivity contribution >= 4 is 5.96 Å². The monoisotopic (exact) mass is 319 g/mol. The Bertz CT molecular complexity index is 519. The van der Waals surface area contributed by atoms with Gasteiger partial charge >= 0.3 is 0 Å². The summed E-state index contributed by atoms with van der Waals surface area (Å²) in [5, 5.41) is 13.3. The second-order valence-corrected chi connectivity index (χ2v) is 6.12. The summed E-state index contributed by atoms with van der Waals surface area (Å²) in [6.45, 7) is 4.29. The SMILES string of the molecule is CCNC(=NCC1CCCC1O)N(C)Cc1ccccc1OC. The number of aliphatic hydroxyl groups excluding tert-OH is 1. The molecule has 1 fully saturated rings. The van der Waals surface area contributed by atoms with Gasteiger partial charge in [-0.25, -0.2) is 0 Å². The Hall–Kier alpha value is -1.75. The first kappa shape index (κ1) is 17.6. The number of hydrogen-bond acceptors (Lipinski definition) is 3. The van der Waals surface area contributed by atoms with Gasteiger partial charge in [-0.15, -0.1) is 0 Å². The van der Waals surface area contributed by atoms with E-state index in [0.29, 0.717) is 12.5 Å². The fourth-order valence-corrected chi connectivity index (χ4v) is 3.07. The minimum Gasteiger partial charge on any atom is -0.496 e. The maximum Gasteiger partial charge on any atom is 0.193 e. The smallest absolute Gasteiger partial charge is 0.193 e. The van der Waals surface area contributed by atoms with Gasteiger partial charge in [0.2, 0.25) is 0 Å². The van der Waals surface area contributed by atoms with Gasteiger partial charge in [-0.05, 0) is 25.8 Å². The molecular formula is C18H29N3O2. The largest absolute Gasteiger partial charge is 0.496 e. The van der Waals surface area contributed by atoms with Crippen LogP contribution in [-0.2, 0) is 6.54 Å². The van der Waals surface area contributed by atoms with Crippen LogP contribution in [0.4, 0.5) is 0 Å². The molecule has 0 spiro atoms. The summed E-state index contributed by atoms with van der Waals surface area (Å²) >= 11 is 0. The lowest BCUT2D eigenvalue weighted by atomic mass is 10.1. The highest BCUT2D eigenvalue weighted by atomic mass is 16.5. The second kappa shape index (κ2) is 8.77. The summed E-state index contributed by atoms with van der Waals surface area (Å²) in [7, 11) is 3.72. The molecule has 2 unspecified atom stereocenters. The predicted octanol–water partition coefficient (Wildman–Crippen LogP) is 2.25. The zero-order valence-electron chi connectivity index (χ0n) is 14.5. The molecule has 0 aliphatic heterocycles. The summed E-state index contributed by atoms with van der Waals surface area (Å²) < 4.78 is 5.42. The topological polar surface area (TPSA) is 57.1 Å². The molecule has 5 heteroatoms. The number of rotatable bonds is 6. The summed E-state index contributed by atoms with van der Waals surface area (Å²) in [5.74, 6) is 2.06. The highest BCUT2D eigenvalue weighted by Crippen LogP contribution is 2.25. The van der Waals surface area contributed by atoms with Crippen molar-refractivity contribution in [3.8, 4) is 5.75 Å². The number of ether oxygens (including phenoxy) is 1. The number of aliphatic imine (C=N–C) groups is 1. The molecule has 1 saturated carbocycles. The van der Waals surface area contributed by atoms with Crippen molar-refractivity contribution < 1.29 is 9.84 Å². The van der Waals surface area contributed by atoms with Gasteiger partial charge in [-0.2, -0.15) is 0 Å². The minimum atomic E-state index is -0.193. The van der Waals surface area contributed by atoms with Crippen molar-refractivity contribution in [2.45, 2.75) is 38.8 Å². The minimum absolute atomic E-state index is 0.193. The van der Waals surface area contributed by atoms with Crippen molar-refractivity contribution in [2.75, 3.05) is 27.2 Å². The lowest BCUT2D eigenvalue weighted by molar-refractivity contribution is 0.136. The number of nitrogens with zero attached hydrogens (tertiary/aromatic N) is 2. The van der Waals surface area contributed by atoms with E-state index in [9.17, 15) is 5.11 Å². The molecule has 1 aliphatic carbocycles. The average molecular weight is 319 g/mol. The van der Waals surface area contributed by atoms with E-state index in [4.69, 9.17) is 9.73 Å². The zero-order chi connectivity index (χ0) is 16.7. The number of para-hydroxylation sites is 1. The summed E-state index contributed by atoms with van der Waals surface area (Å²) in [4.78, 5) is 6.83. The molecule has 1 aromatic rings. The second-order valence-electron chi connectivity index (χ2n) is 6.12. The quantitative estimate of drug-likeness (QED) is 0.624. The van der Waals surface area contributed by atoms with E-state index in [2.05, 4.69) is 23.2 Å². The molecule has 0 heterocycles. The van der Waals surface area contributed by atoms with Gasteiger partial charge in [0.25, 0.3) is 0 Å².